The van der Waals surface area contributed by atoms with Crippen LogP contribution in [0, 0.1) is 5.92 Å². The normalized spacial score (nSPS) is 21.3. The summed E-state index contributed by atoms with van der Waals surface area (Å²) in [6, 6.07) is 0.0561. The predicted octanol–water partition coefficient (Wildman–Crippen LogP) is 0.443. The van der Waals surface area contributed by atoms with E-state index in [2.05, 4.69) is 4.72 Å². The molecular formula is C9H20N2O2S. The van der Waals surface area contributed by atoms with Gasteiger partial charge in [0.15, 0.2) is 0 Å². The molecule has 1 saturated carbocycles. The first kappa shape index (κ1) is 11.9. The van der Waals surface area contributed by atoms with Crippen LogP contribution in [0.15, 0.2) is 0 Å². The van der Waals surface area contributed by atoms with Crippen LogP contribution in [-0.2, 0) is 10.0 Å². The molecule has 14 heavy (non-hydrogen) atoms. The summed E-state index contributed by atoms with van der Waals surface area (Å²) < 4.78 is 24.6. The van der Waals surface area contributed by atoms with Crippen LogP contribution in [0.2, 0.25) is 0 Å². The number of hydrogen-bond acceptors (Lipinski definition) is 3. The fraction of sp³-hybridized carbons (Fsp3) is 1.00. The second-order valence-corrected chi connectivity index (χ2v) is 6.07. The lowest BCUT2D eigenvalue weighted by Gasteiger charge is -2.18. The molecule has 5 heteroatoms. The van der Waals surface area contributed by atoms with Gasteiger partial charge in [-0.2, -0.15) is 0 Å². The van der Waals surface area contributed by atoms with E-state index in [1.54, 1.807) is 0 Å². The Morgan fingerprint density at radius 2 is 2.00 bits per heavy atom. The zero-order chi connectivity index (χ0) is 10.6. The molecule has 1 atom stereocenters. The molecule has 1 rings (SSSR count). The van der Waals surface area contributed by atoms with E-state index in [9.17, 15) is 8.42 Å². The van der Waals surface area contributed by atoms with Crippen molar-refractivity contribution in [3.05, 3.63) is 0 Å². The molecule has 84 valence electrons. The maximum atomic E-state index is 11.2. The fourth-order valence-electron chi connectivity index (χ4n) is 2.01. The van der Waals surface area contributed by atoms with Gasteiger partial charge in [-0.1, -0.05) is 12.8 Å². The molecule has 0 saturated heterocycles. The Balaban J connectivity index is 2.30. The number of sulfonamides is 1. The van der Waals surface area contributed by atoms with Gasteiger partial charge in [0.05, 0.1) is 5.75 Å². The van der Waals surface area contributed by atoms with E-state index in [0.717, 1.165) is 0 Å². The Hall–Kier alpha value is -0.130. The maximum Gasteiger partial charge on any atom is 0.211 e. The van der Waals surface area contributed by atoms with Crippen molar-refractivity contribution in [1.29, 1.82) is 0 Å². The van der Waals surface area contributed by atoms with Crippen LogP contribution in [0.4, 0.5) is 0 Å². The highest BCUT2D eigenvalue weighted by molar-refractivity contribution is 7.89. The van der Waals surface area contributed by atoms with Crippen molar-refractivity contribution in [1.82, 2.24) is 4.72 Å². The van der Waals surface area contributed by atoms with E-state index in [1.165, 1.54) is 32.7 Å². The summed E-state index contributed by atoms with van der Waals surface area (Å²) in [6.45, 7) is 0. The first-order valence-corrected chi connectivity index (χ1v) is 6.87. The van der Waals surface area contributed by atoms with Crippen molar-refractivity contribution in [3.63, 3.8) is 0 Å². The SMILES string of the molecule is CNS(=O)(=O)CCC(N)C1CCCC1. The minimum atomic E-state index is -3.07. The molecule has 0 aromatic carbocycles. The molecule has 0 aromatic heterocycles. The molecule has 1 aliphatic carbocycles. The summed E-state index contributed by atoms with van der Waals surface area (Å²) >= 11 is 0. The van der Waals surface area contributed by atoms with E-state index < -0.39 is 10.0 Å². The average Bonchev–Trinajstić information content (AvgIpc) is 2.67. The molecule has 0 aromatic rings. The molecular weight excluding hydrogens is 200 g/mol. The van der Waals surface area contributed by atoms with Gasteiger partial charge in [-0.15, -0.1) is 0 Å². The summed E-state index contributed by atoms with van der Waals surface area (Å²) in [6.07, 6.45) is 5.41. The molecule has 4 nitrogen and oxygen atoms in total. The van der Waals surface area contributed by atoms with E-state index >= 15 is 0 Å². The third-order valence-electron chi connectivity index (χ3n) is 3.04. The summed E-state index contributed by atoms with van der Waals surface area (Å²) in [5.41, 5.74) is 5.95. The first-order valence-electron chi connectivity index (χ1n) is 5.22. The van der Waals surface area contributed by atoms with Crippen LogP contribution >= 0.6 is 0 Å². The van der Waals surface area contributed by atoms with Gasteiger partial charge in [-0.3, -0.25) is 0 Å². The van der Waals surface area contributed by atoms with Gasteiger partial charge in [0.2, 0.25) is 10.0 Å². The molecule has 1 aliphatic rings. The van der Waals surface area contributed by atoms with Crippen LogP contribution in [0.1, 0.15) is 32.1 Å². The van der Waals surface area contributed by atoms with Gasteiger partial charge in [0.25, 0.3) is 0 Å². The van der Waals surface area contributed by atoms with Crippen molar-refractivity contribution in [2.45, 2.75) is 38.1 Å². The lowest BCUT2D eigenvalue weighted by atomic mass is 9.97. The summed E-state index contributed by atoms with van der Waals surface area (Å²) in [5, 5.41) is 0. The topological polar surface area (TPSA) is 72.2 Å². The lowest BCUT2D eigenvalue weighted by Crippen LogP contribution is -2.33. The third kappa shape index (κ3) is 3.55. The summed E-state index contributed by atoms with van der Waals surface area (Å²) in [4.78, 5) is 0. The standard InChI is InChI=1S/C9H20N2O2S/c1-11-14(12,13)7-6-9(10)8-4-2-3-5-8/h8-9,11H,2-7,10H2,1H3. The molecule has 1 fully saturated rings. The van der Waals surface area contributed by atoms with Crippen molar-refractivity contribution in [2.75, 3.05) is 12.8 Å². The highest BCUT2D eigenvalue weighted by Crippen LogP contribution is 2.27. The highest BCUT2D eigenvalue weighted by atomic mass is 32.2. The van der Waals surface area contributed by atoms with E-state index in [1.807, 2.05) is 0 Å². The zero-order valence-electron chi connectivity index (χ0n) is 8.70. The molecule has 0 spiro atoms. The summed E-state index contributed by atoms with van der Waals surface area (Å²) in [7, 11) is -1.63. The van der Waals surface area contributed by atoms with Gasteiger partial charge >= 0.3 is 0 Å². The predicted molar refractivity (Wildman–Crippen MR) is 57.4 cm³/mol. The third-order valence-corrected chi connectivity index (χ3v) is 4.43. The second kappa shape index (κ2) is 5.09. The maximum absolute atomic E-state index is 11.2. The van der Waals surface area contributed by atoms with Crippen LogP contribution < -0.4 is 10.5 Å². The van der Waals surface area contributed by atoms with Gasteiger partial charge in [-0.05, 0) is 32.2 Å². The van der Waals surface area contributed by atoms with Crippen LogP contribution in [-0.4, -0.2) is 27.3 Å². The molecule has 0 radical (unpaired) electrons. The Morgan fingerprint density at radius 1 is 1.43 bits per heavy atom. The first-order chi connectivity index (χ1) is 6.55. The minimum absolute atomic E-state index is 0.0561. The van der Waals surface area contributed by atoms with Gasteiger partial charge in [0, 0.05) is 6.04 Å². The quantitative estimate of drug-likeness (QED) is 0.706. The van der Waals surface area contributed by atoms with Crippen molar-refractivity contribution in [3.8, 4) is 0 Å². The number of hydrogen-bond donors (Lipinski definition) is 2. The molecule has 0 amide bonds. The molecule has 0 bridgehead atoms. The monoisotopic (exact) mass is 220 g/mol. The minimum Gasteiger partial charge on any atom is -0.327 e. The second-order valence-electron chi connectivity index (χ2n) is 4.02. The van der Waals surface area contributed by atoms with Gasteiger partial charge in [0.1, 0.15) is 0 Å². The van der Waals surface area contributed by atoms with Crippen molar-refractivity contribution in [2.24, 2.45) is 11.7 Å². The molecule has 0 heterocycles. The molecule has 3 N–H and O–H groups in total. The van der Waals surface area contributed by atoms with E-state index in [0.29, 0.717) is 12.3 Å². The summed E-state index contributed by atoms with van der Waals surface area (Å²) in [5.74, 6) is 0.698. The van der Waals surface area contributed by atoms with Gasteiger partial charge < -0.3 is 5.73 Å². The number of rotatable bonds is 5. The Kier molecular flexibility index (Phi) is 4.34. The van der Waals surface area contributed by atoms with Crippen molar-refractivity contribution < 1.29 is 8.42 Å². The molecule has 1 unspecified atom stereocenters. The highest BCUT2D eigenvalue weighted by Gasteiger charge is 2.23. The molecule has 0 aliphatic heterocycles. The van der Waals surface area contributed by atoms with Gasteiger partial charge in [-0.25, -0.2) is 13.1 Å². The van der Waals surface area contributed by atoms with Crippen LogP contribution in [0.5, 0.6) is 0 Å². The lowest BCUT2D eigenvalue weighted by molar-refractivity contribution is 0.421. The Bertz CT molecular complexity index is 258. The van der Waals surface area contributed by atoms with Crippen molar-refractivity contribution >= 4 is 10.0 Å². The number of nitrogens with two attached hydrogens (primary N) is 1. The van der Waals surface area contributed by atoms with Crippen LogP contribution in [0.25, 0.3) is 0 Å². The fourth-order valence-corrected chi connectivity index (χ4v) is 2.80. The van der Waals surface area contributed by atoms with Crippen LogP contribution in [0.3, 0.4) is 0 Å². The Morgan fingerprint density at radius 3 is 2.50 bits per heavy atom. The van der Waals surface area contributed by atoms with E-state index in [-0.39, 0.29) is 11.8 Å². The van der Waals surface area contributed by atoms with E-state index in [4.69, 9.17) is 5.73 Å². The smallest absolute Gasteiger partial charge is 0.211 e. The Labute approximate surface area is 86.3 Å². The number of nitrogens with one attached hydrogen (secondary N) is 1. The largest absolute Gasteiger partial charge is 0.327 e. The zero-order valence-corrected chi connectivity index (χ0v) is 9.52. The average molecular weight is 220 g/mol.